The fraction of sp³-hybridized carbons (Fsp3) is 0.333. The van der Waals surface area contributed by atoms with Crippen LogP contribution in [0.2, 0.25) is 0 Å². The van der Waals surface area contributed by atoms with Gasteiger partial charge in [-0.1, -0.05) is 50.2 Å². The highest BCUT2D eigenvalue weighted by Gasteiger charge is 2.24. The summed E-state index contributed by atoms with van der Waals surface area (Å²) in [6, 6.07) is 12.4. The standard InChI is InChI=1S/C24H27NO7/c1-14(2)12-16-4-8-18(9-5-16)21(26)15(3)32-19-10-6-17(7-11-19)13-20(23(28)29)25-22(27)24(30)31/h4-11,14-15,20H,12-13H2,1-3H3,(H,25,27)(H,28,29)(H,30,31)/t15?,20-/m1/s1. The van der Waals surface area contributed by atoms with Crippen molar-refractivity contribution in [2.24, 2.45) is 5.92 Å². The number of hydrogen-bond donors (Lipinski definition) is 3. The van der Waals surface area contributed by atoms with Gasteiger partial charge in [-0.15, -0.1) is 0 Å². The van der Waals surface area contributed by atoms with Crippen LogP contribution in [-0.2, 0) is 27.2 Å². The lowest BCUT2D eigenvalue weighted by molar-refractivity contribution is -0.152. The van der Waals surface area contributed by atoms with Gasteiger partial charge in [0.2, 0.25) is 5.78 Å². The molecule has 0 aliphatic heterocycles. The molecule has 0 aliphatic carbocycles. The normalized spacial score (nSPS) is 12.6. The molecule has 0 spiro atoms. The lowest BCUT2D eigenvalue weighted by Crippen LogP contribution is -2.45. The Morgan fingerprint density at radius 3 is 1.88 bits per heavy atom. The van der Waals surface area contributed by atoms with Crippen molar-refractivity contribution in [1.29, 1.82) is 0 Å². The van der Waals surface area contributed by atoms with Gasteiger partial charge >= 0.3 is 17.8 Å². The topological polar surface area (TPSA) is 130 Å². The number of ketones is 1. The third-order valence-corrected chi connectivity index (χ3v) is 4.73. The van der Waals surface area contributed by atoms with Crippen LogP contribution in [0.1, 0.15) is 42.3 Å². The molecular formula is C24H27NO7. The average Bonchev–Trinajstić information content (AvgIpc) is 2.73. The lowest BCUT2D eigenvalue weighted by atomic mass is 9.99. The smallest absolute Gasteiger partial charge is 0.394 e. The summed E-state index contributed by atoms with van der Waals surface area (Å²) in [4.78, 5) is 45.8. The molecule has 0 bridgehead atoms. The van der Waals surface area contributed by atoms with Crippen LogP contribution < -0.4 is 10.1 Å². The van der Waals surface area contributed by atoms with Crippen LogP contribution in [-0.4, -0.2) is 46.0 Å². The van der Waals surface area contributed by atoms with Gasteiger partial charge in [0.25, 0.3) is 0 Å². The van der Waals surface area contributed by atoms with Crippen molar-refractivity contribution in [3.8, 4) is 5.75 Å². The SMILES string of the molecule is CC(C)Cc1ccc(C(=O)C(C)Oc2ccc(C[C@@H](NC(=O)C(=O)O)C(=O)O)cc2)cc1. The summed E-state index contributed by atoms with van der Waals surface area (Å²) in [5.74, 6) is -3.70. The minimum absolute atomic E-state index is 0.105. The number of carboxylic acids is 2. The van der Waals surface area contributed by atoms with Crippen molar-refractivity contribution < 1.29 is 34.1 Å². The van der Waals surface area contributed by atoms with Gasteiger partial charge in [-0.2, -0.15) is 0 Å². The van der Waals surface area contributed by atoms with E-state index in [1.165, 1.54) is 5.56 Å². The van der Waals surface area contributed by atoms with E-state index in [9.17, 15) is 24.3 Å². The van der Waals surface area contributed by atoms with Gasteiger partial charge < -0.3 is 20.3 Å². The third kappa shape index (κ3) is 7.23. The molecule has 0 saturated carbocycles. The van der Waals surface area contributed by atoms with E-state index in [1.54, 1.807) is 43.3 Å². The quantitative estimate of drug-likeness (QED) is 0.382. The predicted molar refractivity (Wildman–Crippen MR) is 117 cm³/mol. The molecule has 32 heavy (non-hydrogen) atoms. The molecule has 2 aromatic carbocycles. The van der Waals surface area contributed by atoms with Gasteiger partial charge in [-0.25, -0.2) is 9.59 Å². The molecular weight excluding hydrogens is 414 g/mol. The van der Waals surface area contributed by atoms with Gasteiger partial charge in [-0.05, 0) is 42.5 Å². The van der Waals surface area contributed by atoms with Crippen molar-refractivity contribution in [2.75, 3.05) is 0 Å². The van der Waals surface area contributed by atoms with Crippen molar-refractivity contribution in [3.05, 3.63) is 65.2 Å². The van der Waals surface area contributed by atoms with E-state index in [4.69, 9.17) is 9.84 Å². The zero-order chi connectivity index (χ0) is 23.8. The molecule has 0 aliphatic rings. The van der Waals surface area contributed by atoms with Crippen molar-refractivity contribution in [2.45, 2.75) is 45.8 Å². The summed E-state index contributed by atoms with van der Waals surface area (Å²) in [6.07, 6.45) is 0.111. The molecule has 2 rings (SSSR count). The highest BCUT2D eigenvalue weighted by Crippen LogP contribution is 2.18. The van der Waals surface area contributed by atoms with Crippen LogP contribution in [0.25, 0.3) is 0 Å². The second kappa shape index (κ2) is 11.1. The minimum atomic E-state index is -1.76. The van der Waals surface area contributed by atoms with Crippen molar-refractivity contribution in [3.63, 3.8) is 0 Å². The number of hydrogen-bond acceptors (Lipinski definition) is 5. The number of rotatable bonds is 10. The first kappa shape index (κ1) is 24.6. The molecule has 0 saturated heterocycles. The van der Waals surface area contributed by atoms with E-state index in [0.717, 1.165) is 6.42 Å². The van der Waals surface area contributed by atoms with Crippen LogP contribution in [0.15, 0.2) is 48.5 Å². The fourth-order valence-electron chi connectivity index (χ4n) is 3.13. The second-order valence-corrected chi connectivity index (χ2v) is 7.94. The van der Waals surface area contributed by atoms with Gasteiger partial charge in [0.05, 0.1) is 0 Å². The predicted octanol–water partition coefficient (Wildman–Crippen LogP) is 2.73. The maximum absolute atomic E-state index is 12.6. The monoisotopic (exact) mass is 441 g/mol. The third-order valence-electron chi connectivity index (χ3n) is 4.73. The maximum atomic E-state index is 12.6. The fourth-order valence-corrected chi connectivity index (χ4v) is 3.13. The van der Waals surface area contributed by atoms with Gasteiger partial charge in [0, 0.05) is 12.0 Å². The summed E-state index contributed by atoms with van der Waals surface area (Å²) < 4.78 is 5.72. The number of carbonyl (C=O) groups is 4. The summed E-state index contributed by atoms with van der Waals surface area (Å²) in [7, 11) is 0. The van der Waals surface area contributed by atoms with E-state index in [-0.39, 0.29) is 12.2 Å². The molecule has 8 heteroatoms. The highest BCUT2D eigenvalue weighted by molar-refractivity contribution is 6.31. The molecule has 0 fully saturated rings. The molecule has 0 aromatic heterocycles. The Balaban J connectivity index is 1.98. The Morgan fingerprint density at radius 1 is 0.844 bits per heavy atom. The number of benzene rings is 2. The number of amides is 1. The van der Waals surface area contributed by atoms with Gasteiger partial charge in [0.1, 0.15) is 11.8 Å². The molecule has 2 aromatic rings. The van der Waals surface area contributed by atoms with Crippen LogP contribution >= 0.6 is 0 Å². The first-order valence-electron chi connectivity index (χ1n) is 10.2. The first-order chi connectivity index (χ1) is 15.1. The Morgan fingerprint density at radius 2 is 1.38 bits per heavy atom. The molecule has 0 radical (unpaired) electrons. The Bertz CT molecular complexity index is 965. The van der Waals surface area contributed by atoms with Gasteiger partial charge in [0.15, 0.2) is 6.10 Å². The Hall–Kier alpha value is -3.68. The second-order valence-electron chi connectivity index (χ2n) is 7.94. The molecule has 1 amide bonds. The number of aliphatic carboxylic acids is 2. The van der Waals surface area contributed by atoms with Crippen molar-refractivity contribution in [1.82, 2.24) is 5.32 Å². The number of carboxylic acid groups (broad SMARTS) is 2. The van der Waals surface area contributed by atoms with Crippen LogP contribution in [0.5, 0.6) is 5.75 Å². The summed E-state index contributed by atoms with van der Waals surface area (Å²) in [5.41, 5.74) is 2.27. The largest absolute Gasteiger partial charge is 0.483 e. The zero-order valence-corrected chi connectivity index (χ0v) is 18.2. The summed E-state index contributed by atoms with van der Waals surface area (Å²) >= 11 is 0. The Kier molecular flexibility index (Phi) is 8.52. The number of carbonyl (C=O) groups excluding carboxylic acids is 2. The number of nitrogens with one attached hydrogen (secondary N) is 1. The molecule has 0 heterocycles. The average molecular weight is 441 g/mol. The molecule has 3 N–H and O–H groups in total. The van der Waals surface area contributed by atoms with Crippen molar-refractivity contribution >= 4 is 23.6 Å². The van der Waals surface area contributed by atoms with Gasteiger partial charge in [-0.3, -0.25) is 9.59 Å². The molecule has 8 nitrogen and oxygen atoms in total. The summed E-state index contributed by atoms with van der Waals surface area (Å²) in [5, 5.41) is 19.8. The van der Waals surface area contributed by atoms with Crippen LogP contribution in [0, 0.1) is 5.92 Å². The lowest BCUT2D eigenvalue weighted by Gasteiger charge is -2.16. The van der Waals surface area contributed by atoms with E-state index in [2.05, 4.69) is 13.8 Å². The molecule has 2 atom stereocenters. The van der Waals surface area contributed by atoms with E-state index in [1.807, 2.05) is 17.4 Å². The molecule has 170 valence electrons. The Labute approximate surface area is 186 Å². The van der Waals surface area contributed by atoms with E-state index < -0.39 is 30.0 Å². The number of ether oxygens (including phenoxy) is 1. The first-order valence-corrected chi connectivity index (χ1v) is 10.2. The van der Waals surface area contributed by atoms with E-state index in [0.29, 0.717) is 22.8 Å². The molecule has 1 unspecified atom stereocenters. The maximum Gasteiger partial charge on any atom is 0.394 e. The minimum Gasteiger partial charge on any atom is -0.483 e. The zero-order valence-electron chi connectivity index (χ0n) is 18.2. The summed E-state index contributed by atoms with van der Waals surface area (Å²) in [6.45, 7) is 5.92. The number of Topliss-reactive ketones (excluding diaryl/α,β-unsaturated/α-hetero) is 1. The highest BCUT2D eigenvalue weighted by atomic mass is 16.5. The van der Waals surface area contributed by atoms with Crippen LogP contribution in [0.4, 0.5) is 0 Å². The van der Waals surface area contributed by atoms with Crippen LogP contribution in [0.3, 0.4) is 0 Å². The van der Waals surface area contributed by atoms with E-state index >= 15 is 0 Å².